The standard InChI is InChI=1S/C17H31NO5/c1-5-6-7-9-14(19)10-8-11-17(22)23-15(12-16(20)21)13-18(2,3)4/h8,11,14-15,19H,5-7,9-10,12-13H2,1-4H3/b11-8+. The Kier molecular flexibility index (Phi) is 10.5. The van der Waals surface area contributed by atoms with Crippen molar-refractivity contribution in [1.82, 2.24) is 0 Å². The molecule has 2 unspecified atom stereocenters. The van der Waals surface area contributed by atoms with Crippen LogP contribution in [0.25, 0.3) is 0 Å². The van der Waals surface area contributed by atoms with Crippen molar-refractivity contribution in [3.05, 3.63) is 12.2 Å². The number of rotatable bonds is 12. The van der Waals surface area contributed by atoms with E-state index >= 15 is 0 Å². The van der Waals surface area contributed by atoms with Crippen molar-refractivity contribution in [2.24, 2.45) is 0 Å². The Balaban J connectivity index is 4.29. The largest absolute Gasteiger partial charge is 0.550 e. The second-order valence-corrected chi connectivity index (χ2v) is 6.90. The molecule has 0 aromatic carbocycles. The van der Waals surface area contributed by atoms with Gasteiger partial charge >= 0.3 is 5.97 Å². The summed E-state index contributed by atoms with van der Waals surface area (Å²) in [7, 11) is 5.66. The van der Waals surface area contributed by atoms with Gasteiger partial charge in [-0.05, 0) is 12.8 Å². The highest BCUT2D eigenvalue weighted by atomic mass is 16.5. The molecule has 0 saturated carbocycles. The van der Waals surface area contributed by atoms with Crippen molar-refractivity contribution in [1.29, 1.82) is 0 Å². The first-order chi connectivity index (χ1) is 10.6. The van der Waals surface area contributed by atoms with Gasteiger partial charge in [0.15, 0.2) is 6.10 Å². The van der Waals surface area contributed by atoms with Crippen molar-refractivity contribution in [3.8, 4) is 0 Å². The minimum atomic E-state index is -1.24. The molecule has 0 radical (unpaired) electrons. The molecule has 0 aromatic rings. The maximum atomic E-state index is 11.8. The topological polar surface area (TPSA) is 86.7 Å². The number of aliphatic carboxylic acids is 1. The van der Waals surface area contributed by atoms with Crippen LogP contribution in [0.5, 0.6) is 0 Å². The number of ether oxygens (including phenoxy) is 1. The summed E-state index contributed by atoms with van der Waals surface area (Å²) in [4.78, 5) is 22.5. The van der Waals surface area contributed by atoms with E-state index in [2.05, 4.69) is 6.92 Å². The lowest BCUT2D eigenvalue weighted by Crippen LogP contribution is -2.45. The highest BCUT2D eigenvalue weighted by Gasteiger charge is 2.21. The summed E-state index contributed by atoms with van der Waals surface area (Å²) >= 11 is 0. The molecule has 6 nitrogen and oxygen atoms in total. The molecule has 0 spiro atoms. The average Bonchev–Trinajstić information content (AvgIpc) is 2.35. The maximum absolute atomic E-state index is 11.8. The lowest BCUT2D eigenvalue weighted by molar-refractivity contribution is -0.873. The van der Waals surface area contributed by atoms with Crippen LogP contribution in [0.4, 0.5) is 0 Å². The molecule has 0 aliphatic carbocycles. The van der Waals surface area contributed by atoms with Crippen LogP contribution in [0.15, 0.2) is 12.2 Å². The van der Waals surface area contributed by atoms with Gasteiger partial charge in [-0.3, -0.25) is 0 Å². The van der Waals surface area contributed by atoms with E-state index in [1.54, 1.807) is 6.08 Å². The average molecular weight is 329 g/mol. The van der Waals surface area contributed by atoms with Crippen molar-refractivity contribution >= 4 is 11.9 Å². The first-order valence-corrected chi connectivity index (χ1v) is 8.19. The third-order valence-electron chi connectivity index (χ3n) is 3.23. The summed E-state index contributed by atoms with van der Waals surface area (Å²) in [6, 6.07) is 0. The molecule has 0 fully saturated rings. The van der Waals surface area contributed by atoms with Gasteiger partial charge in [-0.1, -0.05) is 32.3 Å². The molecule has 0 amide bonds. The van der Waals surface area contributed by atoms with E-state index in [4.69, 9.17) is 4.74 Å². The normalized spacial score (nSPS) is 14.7. The van der Waals surface area contributed by atoms with Crippen LogP contribution >= 0.6 is 0 Å². The molecule has 0 aliphatic rings. The Morgan fingerprint density at radius 3 is 2.43 bits per heavy atom. The predicted molar refractivity (Wildman–Crippen MR) is 86.3 cm³/mol. The van der Waals surface area contributed by atoms with Gasteiger partial charge in [0.1, 0.15) is 6.54 Å². The van der Waals surface area contributed by atoms with E-state index < -0.39 is 24.1 Å². The quantitative estimate of drug-likeness (QED) is 0.246. The summed E-state index contributed by atoms with van der Waals surface area (Å²) in [6.07, 6.45) is 5.55. The zero-order valence-electron chi connectivity index (χ0n) is 14.8. The van der Waals surface area contributed by atoms with Crippen LogP contribution in [-0.2, 0) is 14.3 Å². The zero-order chi connectivity index (χ0) is 17.9. The van der Waals surface area contributed by atoms with Crippen molar-refractivity contribution in [3.63, 3.8) is 0 Å². The van der Waals surface area contributed by atoms with Crippen LogP contribution in [-0.4, -0.2) is 61.4 Å². The molecule has 6 heteroatoms. The minimum absolute atomic E-state index is 0.325. The molecule has 0 rings (SSSR count). The number of unbranched alkanes of at least 4 members (excludes halogenated alkanes) is 2. The second-order valence-electron chi connectivity index (χ2n) is 6.90. The molecule has 134 valence electrons. The number of carbonyl (C=O) groups is 2. The first-order valence-electron chi connectivity index (χ1n) is 8.19. The molecule has 0 saturated heterocycles. The zero-order valence-corrected chi connectivity index (χ0v) is 14.8. The number of carbonyl (C=O) groups excluding carboxylic acids is 2. The molecule has 0 bridgehead atoms. The molecular weight excluding hydrogens is 298 g/mol. The molecule has 0 aromatic heterocycles. The Morgan fingerprint density at radius 1 is 1.26 bits per heavy atom. The highest BCUT2D eigenvalue weighted by molar-refractivity contribution is 5.82. The van der Waals surface area contributed by atoms with E-state index in [9.17, 15) is 19.8 Å². The molecule has 23 heavy (non-hydrogen) atoms. The predicted octanol–water partition coefficient (Wildman–Crippen LogP) is 0.632. The van der Waals surface area contributed by atoms with Crippen LogP contribution in [0.3, 0.4) is 0 Å². The van der Waals surface area contributed by atoms with E-state index in [0.29, 0.717) is 23.9 Å². The first kappa shape index (κ1) is 21.6. The molecule has 2 atom stereocenters. The maximum Gasteiger partial charge on any atom is 0.330 e. The van der Waals surface area contributed by atoms with Gasteiger partial charge in [0.25, 0.3) is 0 Å². The third-order valence-corrected chi connectivity index (χ3v) is 3.23. The van der Waals surface area contributed by atoms with Gasteiger partial charge in [0.2, 0.25) is 0 Å². The number of aliphatic hydroxyl groups excluding tert-OH is 1. The SMILES string of the molecule is CCCCCC(O)C/C=C/C(=O)OC(CC(=O)[O-])C[N+](C)(C)C. The summed E-state index contributed by atoms with van der Waals surface area (Å²) in [6.45, 7) is 2.48. The van der Waals surface area contributed by atoms with Gasteiger partial charge in [-0.2, -0.15) is 0 Å². The third kappa shape index (κ3) is 14.0. The van der Waals surface area contributed by atoms with Gasteiger partial charge in [0, 0.05) is 18.5 Å². The Bertz CT molecular complexity index is 387. The van der Waals surface area contributed by atoms with Crippen LogP contribution in [0.1, 0.15) is 45.4 Å². The monoisotopic (exact) mass is 329 g/mol. The molecule has 0 heterocycles. The molecular formula is C17H31NO5. The number of quaternary nitrogens is 1. The van der Waals surface area contributed by atoms with E-state index in [1.165, 1.54) is 6.08 Å². The fourth-order valence-electron chi connectivity index (χ4n) is 2.21. The van der Waals surface area contributed by atoms with Crippen molar-refractivity contribution in [2.75, 3.05) is 27.7 Å². The fraction of sp³-hybridized carbons (Fsp3) is 0.765. The fourth-order valence-corrected chi connectivity index (χ4v) is 2.21. The van der Waals surface area contributed by atoms with Crippen LogP contribution in [0, 0.1) is 0 Å². The lowest BCUT2D eigenvalue weighted by atomic mass is 10.1. The number of carboxylic acids is 1. The second kappa shape index (κ2) is 11.2. The number of hydrogen-bond donors (Lipinski definition) is 1. The van der Waals surface area contributed by atoms with Crippen molar-refractivity contribution in [2.45, 2.75) is 57.7 Å². The summed E-state index contributed by atoms with van der Waals surface area (Å²) in [5.41, 5.74) is 0. The number of esters is 1. The smallest absolute Gasteiger partial charge is 0.330 e. The van der Waals surface area contributed by atoms with Crippen LogP contribution < -0.4 is 5.11 Å². The van der Waals surface area contributed by atoms with Crippen LogP contribution in [0.2, 0.25) is 0 Å². The molecule has 0 aliphatic heterocycles. The van der Waals surface area contributed by atoms with Gasteiger partial charge in [-0.25, -0.2) is 4.79 Å². The number of aliphatic hydroxyl groups is 1. The van der Waals surface area contributed by atoms with Crippen molar-refractivity contribution < 1.29 is 29.0 Å². The Labute approximate surface area is 139 Å². The number of likely N-dealkylation sites (N-methyl/N-ethyl adjacent to an activating group) is 1. The number of nitrogens with zero attached hydrogens (tertiary/aromatic N) is 1. The van der Waals surface area contributed by atoms with E-state index in [0.717, 1.165) is 19.3 Å². The Hall–Kier alpha value is -1.40. The summed E-state index contributed by atoms with van der Waals surface area (Å²) in [5, 5.41) is 20.5. The van der Waals surface area contributed by atoms with Gasteiger partial charge in [-0.15, -0.1) is 0 Å². The summed E-state index contributed by atoms with van der Waals surface area (Å²) < 4.78 is 5.65. The lowest BCUT2D eigenvalue weighted by Gasteiger charge is -2.29. The van der Waals surface area contributed by atoms with Gasteiger partial charge in [0.05, 0.1) is 27.2 Å². The number of hydrogen-bond acceptors (Lipinski definition) is 5. The number of carboxylic acid groups (broad SMARTS) is 1. The van der Waals surface area contributed by atoms with E-state index in [-0.39, 0.29) is 6.42 Å². The van der Waals surface area contributed by atoms with E-state index in [1.807, 2.05) is 21.1 Å². The minimum Gasteiger partial charge on any atom is -0.550 e. The molecule has 1 N–H and O–H groups in total. The van der Waals surface area contributed by atoms with Gasteiger partial charge < -0.3 is 24.2 Å². The summed E-state index contributed by atoms with van der Waals surface area (Å²) in [5.74, 6) is -1.84. The highest BCUT2D eigenvalue weighted by Crippen LogP contribution is 2.08. The Morgan fingerprint density at radius 2 is 1.91 bits per heavy atom.